The van der Waals surface area contributed by atoms with Crippen molar-refractivity contribution >= 4 is 33.5 Å². The van der Waals surface area contributed by atoms with E-state index in [0.29, 0.717) is 4.47 Å². The van der Waals surface area contributed by atoms with Gasteiger partial charge < -0.3 is 5.11 Å². The van der Waals surface area contributed by atoms with Crippen LogP contribution in [0.3, 0.4) is 0 Å². The van der Waals surface area contributed by atoms with Crippen molar-refractivity contribution in [3.63, 3.8) is 0 Å². The normalized spacial score (nSPS) is 12.5. The van der Waals surface area contributed by atoms with Crippen LogP contribution in [0.1, 0.15) is 12.5 Å². The molecule has 0 aliphatic heterocycles. The van der Waals surface area contributed by atoms with Crippen LogP contribution in [0.5, 0.6) is 0 Å². The molecule has 0 amide bonds. The molecule has 0 saturated carbocycles. The summed E-state index contributed by atoms with van der Waals surface area (Å²) in [6.45, 7) is 1.51. The molecule has 1 aromatic rings. The Morgan fingerprint density at radius 1 is 1.67 bits per heavy atom. The molecule has 0 radical (unpaired) electrons. The van der Waals surface area contributed by atoms with E-state index in [9.17, 15) is 9.18 Å². The topological polar surface area (TPSA) is 37.3 Å². The fourth-order valence-corrected chi connectivity index (χ4v) is 1.74. The van der Waals surface area contributed by atoms with Crippen LogP contribution >= 0.6 is 27.5 Å². The van der Waals surface area contributed by atoms with Gasteiger partial charge in [0.15, 0.2) is 0 Å². The first-order valence-corrected chi connectivity index (χ1v) is 5.45. The highest BCUT2D eigenvalue weighted by molar-refractivity contribution is 9.10. The Bertz CT molecular complexity index is 395. The molecule has 0 spiro atoms. The Morgan fingerprint density at radius 3 is 2.80 bits per heavy atom. The first-order valence-electron chi connectivity index (χ1n) is 4.28. The number of rotatable bonds is 3. The summed E-state index contributed by atoms with van der Waals surface area (Å²) in [5.74, 6) is -2.12. The highest BCUT2D eigenvalue weighted by Gasteiger charge is 2.18. The van der Waals surface area contributed by atoms with E-state index in [1.165, 1.54) is 13.0 Å². The Balaban J connectivity index is 3.03. The molecule has 1 N–H and O–H groups in total. The van der Waals surface area contributed by atoms with Gasteiger partial charge in [-0.15, -0.1) is 0 Å². The van der Waals surface area contributed by atoms with Gasteiger partial charge in [0, 0.05) is 10.6 Å². The highest BCUT2D eigenvalue weighted by Crippen LogP contribution is 2.27. The Morgan fingerprint density at radius 2 is 2.27 bits per heavy atom. The third-order valence-electron chi connectivity index (χ3n) is 2.07. The number of aliphatic carboxylic acids is 1. The molecule has 5 heteroatoms. The fourth-order valence-electron chi connectivity index (χ4n) is 1.15. The highest BCUT2D eigenvalue weighted by atomic mass is 79.9. The van der Waals surface area contributed by atoms with Crippen molar-refractivity contribution in [1.82, 2.24) is 0 Å². The Kier molecular flexibility index (Phi) is 4.11. The Labute approximate surface area is 100 Å². The van der Waals surface area contributed by atoms with E-state index in [4.69, 9.17) is 16.7 Å². The summed E-state index contributed by atoms with van der Waals surface area (Å²) in [6.07, 6.45) is 0.0828. The summed E-state index contributed by atoms with van der Waals surface area (Å²) < 4.78 is 13.9. The number of carboxylic acids is 1. The lowest BCUT2D eigenvalue weighted by molar-refractivity contribution is -0.141. The summed E-state index contributed by atoms with van der Waals surface area (Å²) in [5, 5.41) is 8.97. The van der Waals surface area contributed by atoms with E-state index in [2.05, 4.69) is 15.9 Å². The largest absolute Gasteiger partial charge is 0.481 e. The molecule has 82 valence electrons. The quantitative estimate of drug-likeness (QED) is 0.867. The van der Waals surface area contributed by atoms with Gasteiger partial charge in [0.2, 0.25) is 0 Å². The van der Waals surface area contributed by atoms with Gasteiger partial charge in [0.05, 0.1) is 10.4 Å². The molecule has 0 fully saturated rings. The molecule has 2 nitrogen and oxygen atoms in total. The predicted molar refractivity (Wildman–Crippen MR) is 59.6 cm³/mol. The number of hydrogen-bond acceptors (Lipinski definition) is 1. The molecule has 0 bridgehead atoms. The van der Waals surface area contributed by atoms with Crippen LogP contribution < -0.4 is 0 Å². The van der Waals surface area contributed by atoms with Gasteiger partial charge in [-0.25, -0.2) is 4.39 Å². The number of hydrogen-bond donors (Lipinski definition) is 1. The van der Waals surface area contributed by atoms with Crippen molar-refractivity contribution in [3.8, 4) is 0 Å². The van der Waals surface area contributed by atoms with Gasteiger partial charge in [-0.05, 0) is 34.5 Å². The van der Waals surface area contributed by atoms with Gasteiger partial charge in [0.1, 0.15) is 5.82 Å². The van der Waals surface area contributed by atoms with Gasteiger partial charge >= 0.3 is 5.97 Å². The van der Waals surface area contributed by atoms with Gasteiger partial charge in [-0.1, -0.05) is 18.5 Å². The second kappa shape index (κ2) is 4.94. The second-order valence-electron chi connectivity index (χ2n) is 3.27. The smallest absolute Gasteiger partial charge is 0.306 e. The zero-order valence-electron chi connectivity index (χ0n) is 7.93. The Hall–Kier alpha value is -0.610. The maximum absolute atomic E-state index is 13.6. The van der Waals surface area contributed by atoms with Crippen LogP contribution in [0.2, 0.25) is 5.02 Å². The van der Waals surface area contributed by atoms with E-state index < -0.39 is 17.7 Å². The summed E-state index contributed by atoms with van der Waals surface area (Å²) in [7, 11) is 0. The van der Waals surface area contributed by atoms with Crippen molar-refractivity contribution in [1.29, 1.82) is 0 Å². The van der Waals surface area contributed by atoms with Crippen LogP contribution in [-0.2, 0) is 11.2 Å². The summed E-state index contributed by atoms with van der Waals surface area (Å²) in [4.78, 5) is 10.6. The summed E-state index contributed by atoms with van der Waals surface area (Å²) in [5.41, 5.74) is 0.237. The molecular formula is C10H9BrClFO2. The van der Waals surface area contributed by atoms with Crippen molar-refractivity contribution in [2.24, 2.45) is 5.92 Å². The molecule has 0 aliphatic carbocycles. The first kappa shape index (κ1) is 12.5. The molecule has 15 heavy (non-hydrogen) atoms. The maximum atomic E-state index is 13.6. The first-order chi connectivity index (χ1) is 6.93. The van der Waals surface area contributed by atoms with Crippen LogP contribution in [0.4, 0.5) is 4.39 Å². The van der Waals surface area contributed by atoms with Gasteiger partial charge in [-0.3, -0.25) is 4.79 Å². The molecule has 0 heterocycles. The number of benzene rings is 1. The number of carbonyl (C=O) groups is 1. The van der Waals surface area contributed by atoms with Crippen molar-refractivity contribution in [2.75, 3.05) is 0 Å². The predicted octanol–water partition coefficient (Wildman–Crippen LogP) is 3.50. The standard InChI is InChI=1S/C10H9BrClFO2/c1-5(10(14)15)4-6-8(12)3-2-7(11)9(6)13/h2-3,5H,4H2,1H3,(H,14,15). The van der Waals surface area contributed by atoms with E-state index >= 15 is 0 Å². The minimum absolute atomic E-state index is 0.0828. The molecule has 0 aliphatic rings. The molecular weight excluding hydrogens is 286 g/mol. The van der Waals surface area contributed by atoms with Crippen LogP contribution in [0, 0.1) is 11.7 Å². The van der Waals surface area contributed by atoms with Gasteiger partial charge in [0.25, 0.3) is 0 Å². The molecule has 0 saturated heterocycles. The van der Waals surface area contributed by atoms with E-state index in [0.717, 1.165) is 0 Å². The zero-order valence-corrected chi connectivity index (χ0v) is 10.3. The van der Waals surface area contributed by atoms with Crippen LogP contribution in [-0.4, -0.2) is 11.1 Å². The lowest BCUT2D eigenvalue weighted by atomic mass is 10.0. The molecule has 1 atom stereocenters. The summed E-state index contributed by atoms with van der Waals surface area (Å²) in [6, 6.07) is 3.03. The molecule has 1 unspecified atom stereocenters. The third-order valence-corrected chi connectivity index (χ3v) is 3.04. The second-order valence-corrected chi connectivity index (χ2v) is 4.53. The lowest BCUT2D eigenvalue weighted by Crippen LogP contribution is -2.13. The summed E-state index contributed by atoms with van der Waals surface area (Å²) >= 11 is 8.82. The van der Waals surface area contributed by atoms with E-state index in [1.807, 2.05) is 0 Å². The van der Waals surface area contributed by atoms with Crippen molar-refractivity contribution in [2.45, 2.75) is 13.3 Å². The molecule has 0 aromatic heterocycles. The third kappa shape index (κ3) is 2.92. The lowest BCUT2D eigenvalue weighted by Gasteiger charge is -2.10. The minimum Gasteiger partial charge on any atom is -0.481 e. The average molecular weight is 296 g/mol. The average Bonchev–Trinajstić information content (AvgIpc) is 2.18. The molecule has 1 aromatic carbocycles. The van der Waals surface area contributed by atoms with Crippen molar-refractivity contribution < 1.29 is 14.3 Å². The van der Waals surface area contributed by atoms with E-state index in [1.54, 1.807) is 6.07 Å². The number of halogens is 3. The van der Waals surface area contributed by atoms with Crippen molar-refractivity contribution in [3.05, 3.63) is 33.0 Å². The minimum atomic E-state index is -0.967. The fraction of sp³-hybridized carbons (Fsp3) is 0.300. The molecule has 1 rings (SSSR count). The number of carboxylic acid groups (broad SMARTS) is 1. The zero-order chi connectivity index (χ0) is 11.6. The van der Waals surface area contributed by atoms with Crippen LogP contribution in [0.25, 0.3) is 0 Å². The van der Waals surface area contributed by atoms with Crippen LogP contribution in [0.15, 0.2) is 16.6 Å². The monoisotopic (exact) mass is 294 g/mol. The van der Waals surface area contributed by atoms with E-state index in [-0.39, 0.29) is 17.0 Å². The van der Waals surface area contributed by atoms with Gasteiger partial charge in [-0.2, -0.15) is 0 Å². The maximum Gasteiger partial charge on any atom is 0.306 e. The SMILES string of the molecule is CC(Cc1c(Cl)ccc(Br)c1F)C(=O)O.